The predicted octanol–water partition coefficient (Wildman–Crippen LogP) is 0.477. The first kappa shape index (κ1) is 11.2. The number of hydrogen-bond acceptors (Lipinski definition) is 5. The monoisotopic (exact) mass is 258 g/mol. The second kappa shape index (κ2) is 3.90. The van der Waals surface area contributed by atoms with Gasteiger partial charge >= 0.3 is 0 Å². The summed E-state index contributed by atoms with van der Waals surface area (Å²) < 4.78 is 1.86. The molecule has 2 saturated heterocycles. The van der Waals surface area contributed by atoms with Gasteiger partial charge in [0.15, 0.2) is 0 Å². The van der Waals surface area contributed by atoms with Crippen LogP contribution in [0.2, 0.25) is 0 Å². The van der Waals surface area contributed by atoms with E-state index >= 15 is 0 Å². The van der Waals surface area contributed by atoms with Crippen LogP contribution in [0.25, 0.3) is 5.78 Å². The molecule has 0 aliphatic carbocycles. The van der Waals surface area contributed by atoms with Crippen molar-refractivity contribution in [3.63, 3.8) is 0 Å². The van der Waals surface area contributed by atoms with Crippen LogP contribution in [0.1, 0.15) is 12.6 Å². The van der Waals surface area contributed by atoms with E-state index in [4.69, 9.17) is 0 Å². The van der Waals surface area contributed by atoms with Gasteiger partial charge in [0.25, 0.3) is 5.78 Å². The molecule has 19 heavy (non-hydrogen) atoms. The fourth-order valence-corrected chi connectivity index (χ4v) is 3.59. The van der Waals surface area contributed by atoms with Gasteiger partial charge in [-0.15, -0.1) is 0 Å². The molecule has 0 saturated carbocycles. The van der Waals surface area contributed by atoms with E-state index in [0.29, 0.717) is 11.8 Å². The van der Waals surface area contributed by atoms with E-state index in [1.54, 1.807) is 6.33 Å². The maximum absolute atomic E-state index is 4.42. The molecule has 0 aromatic carbocycles. The summed E-state index contributed by atoms with van der Waals surface area (Å²) in [5.41, 5.74) is 0.998. The molecule has 2 aliphatic rings. The number of aryl methyl sites for hydroxylation is 1. The second-order valence-electron chi connectivity index (χ2n) is 5.70. The molecule has 4 rings (SSSR count). The van der Waals surface area contributed by atoms with Gasteiger partial charge in [-0.25, -0.2) is 4.98 Å². The minimum absolute atomic E-state index is 0.536. The van der Waals surface area contributed by atoms with Crippen LogP contribution >= 0.6 is 0 Å². The maximum atomic E-state index is 4.42. The Hall–Kier alpha value is -1.69. The quantitative estimate of drug-likeness (QED) is 0.806. The Morgan fingerprint density at radius 3 is 3.11 bits per heavy atom. The van der Waals surface area contributed by atoms with E-state index in [2.05, 4.69) is 38.3 Å². The third kappa shape index (κ3) is 1.56. The Labute approximate surface area is 111 Å². The molecule has 2 aliphatic heterocycles. The molecule has 4 heterocycles. The molecule has 0 bridgehead atoms. The fraction of sp³-hybridized carbons (Fsp3) is 0.615. The Bertz CT molecular complexity index is 621. The zero-order chi connectivity index (χ0) is 13.0. The van der Waals surface area contributed by atoms with Crippen LogP contribution in [0.15, 0.2) is 12.4 Å². The van der Waals surface area contributed by atoms with Gasteiger partial charge in [-0.2, -0.15) is 14.6 Å². The first-order valence-corrected chi connectivity index (χ1v) is 6.89. The third-order valence-electron chi connectivity index (χ3n) is 4.59. The van der Waals surface area contributed by atoms with Crippen molar-refractivity contribution in [3.05, 3.63) is 18.1 Å². The van der Waals surface area contributed by atoms with Crippen LogP contribution in [0.5, 0.6) is 0 Å². The topological polar surface area (TPSA) is 58.4 Å². The highest BCUT2D eigenvalue weighted by Crippen LogP contribution is 2.35. The van der Waals surface area contributed by atoms with Crippen molar-refractivity contribution < 1.29 is 0 Å². The molecule has 0 radical (unpaired) electrons. The van der Waals surface area contributed by atoms with Crippen molar-refractivity contribution in [1.82, 2.24) is 24.9 Å². The number of hydrogen-bond donors (Lipinski definition) is 1. The number of aromatic nitrogens is 4. The predicted molar refractivity (Wildman–Crippen MR) is 72.2 cm³/mol. The highest BCUT2D eigenvalue weighted by molar-refractivity contribution is 5.49. The smallest absolute Gasteiger partial charge is 0.254 e. The Kier molecular flexibility index (Phi) is 2.29. The Balaban J connectivity index is 1.80. The summed E-state index contributed by atoms with van der Waals surface area (Å²) in [4.78, 5) is 11.1. The molecule has 3 atom stereocenters. The van der Waals surface area contributed by atoms with Crippen LogP contribution in [0, 0.1) is 18.8 Å². The van der Waals surface area contributed by atoms with Gasteiger partial charge in [0.2, 0.25) is 0 Å². The Morgan fingerprint density at radius 1 is 1.37 bits per heavy atom. The zero-order valence-corrected chi connectivity index (χ0v) is 11.2. The van der Waals surface area contributed by atoms with E-state index in [1.165, 1.54) is 0 Å². The normalized spacial score (nSPS) is 30.2. The standard InChI is InChI=1S/C13H18N6/c1-8-3-12(19-13(17-8)15-7-16-19)18-6-10-4-14-5-11(10)9(18)2/h3,7,9-11,14H,4-6H2,1-2H3. The molecule has 0 amide bonds. The molecule has 2 aromatic heterocycles. The molecule has 2 fully saturated rings. The molecule has 100 valence electrons. The molecule has 6 heteroatoms. The minimum atomic E-state index is 0.536. The number of anilines is 1. The van der Waals surface area contributed by atoms with Crippen molar-refractivity contribution in [1.29, 1.82) is 0 Å². The van der Waals surface area contributed by atoms with Crippen molar-refractivity contribution in [2.24, 2.45) is 11.8 Å². The molecular weight excluding hydrogens is 240 g/mol. The van der Waals surface area contributed by atoms with Gasteiger partial charge in [-0.3, -0.25) is 0 Å². The average molecular weight is 258 g/mol. The zero-order valence-electron chi connectivity index (χ0n) is 11.2. The van der Waals surface area contributed by atoms with Gasteiger partial charge in [-0.05, 0) is 25.7 Å². The van der Waals surface area contributed by atoms with Gasteiger partial charge in [0.1, 0.15) is 12.1 Å². The van der Waals surface area contributed by atoms with E-state index in [9.17, 15) is 0 Å². The third-order valence-corrected chi connectivity index (χ3v) is 4.59. The van der Waals surface area contributed by atoms with Crippen molar-refractivity contribution >= 4 is 11.6 Å². The lowest BCUT2D eigenvalue weighted by molar-refractivity contribution is 0.471. The van der Waals surface area contributed by atoms with Crippen LogP contribution in [-0.2, 0) is 0 Å². The lowest BCUT2D eigenvalue weighted by Crippen LogP contribution is -2.34. The molecule has 6 nitrogen and oxygen atoms in total. The van der Waals surface area contributed by atoms with Crippen LogP contribution < -0.4 is 10.2 Å². The van der Waals surface area contributed by atoms with Crippen LogP contribution in [-0.4, -0.2) is 45.3 Å². The molecular formula is C13H18N6. The SMILES string of the molecule is Cc1cc(N2CC3CNCC3C2C)n2ncnc2n1. The first-order valence-electron chi connectivity index (χ1n) is 6.89. The highest BCUT2D eigenvalue weighted by Gasteiger charge is 2.42. The van der Waals surface area contributed by atoms with Gasteiger partial charge in [0, 0.05) is 37.4 Å². The average Bonchev–Trinajstić information content (AvgIpc) is 3.06. The highest BCUT2D eigenvalue weighted by atomic mass is 15.4. The first-order chi connectivity index (χ1) is 9.24. The van der Waals surface area contributed by atoms with Crippen molar-refractivity contribution in [2.45, 2.75) is 19.9 Å². The summed E-state index contributed by atoms with van der Waals surface area (Å²) in [6.07, 6.45) is 1.58. The summed E-state index contributed by atoms with van der Waals surface area (Å²) in [6, 6.07) is 2.65. The van der Waals surface area contributed by atoms with E-state index in [1.807, 2.05) is 11.4 Å². The summed E-state index contributed by atoms with van der Waals surface area (Å²) in [5.74, 6) is 3.31. The molecule has 2 aromatic rings. The van der Waals surface area contributed by atoms with E-state index in [0.717, 1.165) is 43.0 Å². The number of rotatable bonds is 1. The van der Waals surface area contributed by atoms with Crippen molar-refractivity contribution in [2.75, 3.05) is 24.5 Å². The molecule has 1 N–H and O–H groups in total. The summed E-state index contributed by atoms with van der Waals surface area (Å²) in [6.45, 7) is 7.69. The number of nitrogens with one attached hydrogen (secondary N) is 1. The second-order valence-corrected chi connectivity index (χ2v) is 5.70. The lowest BCUT2D eigenvalue weighted by Gasteiger charge is -2.26. The van der Waals surface area contributed by atoms with Gasteiger partial charge in [0.05, 0.1) is 0 Å². The van der Waals surface area contributed by atoms with Crippen LogP contribution in [0.4, 0.5) is 5.82 Å². The number of nitrogens with zero attached hydrogens (tertiary/aromatic N) is 5. The van der Waals surface area contributed by atoms with E-state index in [-0.39, 0.29) is 0 Å². The molecule has 0 spiro atoms. The summed E-state index contributed by atoms with van der Waals surface area (Å²) in [7, 11) is 0. The lowest BCUT2D eigenvalue weighted by atomic mass is 9.95. The van der Waals surface area contributed by atoms with Crippen LogP contribution in [0.3, 0.4) is 0 Å². The van der Waals surface area contributed by atoms with E-state index < -0.39 is 0 Å². The summed E-state index contributed by atoms with van der Waals surface area (Å²) >= 11 is 0. The molecule has 3 unspecified atom stereocenters. The van der Waals surface area contributed by atoms with Crippen molar-refractivity contribution in [3.8, 4) is 0 Å². The van der Waals surface area contributed by atoms with Gasteiger partial charge < -0.3 is 10.2 Å². The number of fused-ring (bicyclic) bond motifs is 2. The fourth-order valence-electron chi connectivity index (χ4n) is 3.59. The van der Waals surface area contributed by atoms with Gasteiger partial charge in [-0.1, -0.05) is 0 Å². The summed E-state index contributed by atoms with van der Waals surface area (Å²) in [5, 5.41) is 7.81. The largest absolute Gasteiger partial charge is 0.353 e. The maximum Gasteiger partial charge on any atom is 0.254 e. The Morgan fingerprint density at radius 2 is 2.26 bits per heavy atom. The minimum Gasteiger partial charge on any atom is -0.353 e.